The lowest BCUT2D eigenvalue weighted by atomic mass is 10.1. The Morgan fingerprint density at radius 3 is 2.57 bits per heavy atom. The number of aliphatic hydroxyl groups excluding tert-OH is 1. The van der Waals surface area contributed by atoms with Gasteiger partial charge in [0.2, 0.25) is 0 Å². The number of carbonyl (C=O) groups excluding carboxylic acids is 1. The van der Waals surface area contributed by atoms with Crippen LogP contribution in [0, 0.1) is 17.7 Å². The van der Waals surface area contributed by atoms with E-state index in [2.05, 4.69) is 32.6 Å². The van der Waals surface area contributed by atoms with Crippen molar-refractivity contribution < 1.29 is 23.8 Å². The third kappa shape index (κ3) is 8.68. The number of hydrogen-bond acceptors (Lipinski definition) is 5. The number of carbonyl (C=O) groups is 1. The average molecular weight is 425 g/mol. The highest BCUT2D eigenvalue weighted by atomic mass is 19.1. The van der Waals surface area contributed by atoms with E-state index in [0.717, 1.165) is 6.54 Å². The zero-order valence-corrected chi connectivity index (χ0v) is 18.7. The Balaban J connectivity index is 1.91. The van der Waals surface area contributed by atoms with Gasteiger partial charge in [-0.15, -0.1) is 0 Å². The van der Waals surface area contributed by atoms with Crippen molar-refractivity contribution in [1.82, 2.24) is 9.80 Å². The minimum atomic E-state index is -0.546. The quantitative estimate of drug-likeness (QED) is 0.592. The maximum atomic E-state index is 13.2. The van der Waals surface area contributed by atoms with Gasteiger partial charge in [0.15, 0.2) is 0 Å². The van der Waals surface area contributed by atoms with Crippen LogP contribution in [0.15, 0.2) is 24.3 Å². The number of rotatable bonds is 11. The van der Waals surface area contributed by atoms with Crippen LogP contribution in [-0.4, -0.2) is 85.6 Å². The Morgan fingerprint density at radius 1 is 1.23 bits per heavy atom. The third-order valence-electron chi connectivity index (χ3n) is 4.84. The van der Waals surface area contributed by atoms with Crippen LogP contribution in [0.5, 0.6) is 0 Å². The SMILES string of the molecule is CC(C)COC[C@H](O)CN1CCO[C@@H](CN(CC(C)C)C(=O)c2ccc(F)cc2)C1. The van der Waals surface area contributed by atoms with Gasteiger partial charge in [0.05, 0.1) is 25.4 Å². The predicted octanol–water partition coefficient (Wildman–Crippen LogP) is 2.66. The number of ether oxygens (including phenoxy) is 2. The number of β-amino-alcohol motifs (C(OH)–C–C–N with tert-alkyl or cyclic N) is 1. The molecule has 0 bridgehead atoms. The summed E-state index contributed by atoms with van der Waals surface area (Å²) < 4.78 is 24.7. The van der Waals surface area contributed by atoms with E-state index in [1.54, 1.807) is 4.90 Å². The molecule has 7 heteroatoms. The first-order valence-corrected chi connectivity index (χ1v) is 10.9. The lowest BCUT2D eigenvalue weighted by molar-refractivity contribution is -0.0602. The molecular formula is C23H37FN2O4. The van der Waals surface area contributed by atoms with Crippen LogP contribution in [-0.2, 0) is 9.47 Å². The fraction of sp³-hybridized carbons (Fsp3) is 0.696. The van der Waals surface area contributed by atoms with E-state index in [9.17, 15) is 14.3 Å². The van der Waals surface area contributed by atoms with Crippen LogP contribution in [0.1, 0.15) is 38.1 Å². The summed E-state index contributed by atoms with van der Waals surface area (Å²) in [5.74, 6) is 0.264. The molecular weight excluding hydrogens is 387 g/mol. The maximum Gasteiger partial charge on any atom is 0.253 e. The van der Waals surface area contributed by atoms with E-state index in [4.69, 9.17) is 9.47 Å². The van der Waals surface area contributed by atoms with Gasteiger partial charge in [-0.1, -0.05) is 27.7 Å². The summed E-state index contributed by atoms with van der Waals surface area (Å²) in [7, 11) is 0. The van der Waals surface area contributed by atoms with Crippen LogP contribution in [0.3, 0.4) is 0 Å². The lowest BCUT2D eigenvalue weighted by Crippen LogP contribution is -2.51. The van der Waals surface area contributed by atoms with E-state index in [1.807, 2.05) is 0 Å². The summed E-state index contributed by atoms with van der Waals surface area (Å²) in [5.41, 5.74) is 0.474. The van der Waals surface area contributed by atoms with Gasteiger partial charge in [0.1, 0.15) is 5.82 Å². The van der Waals surface area contributed by atoms with Gasteiger partial charge >= 0.3 is 0 Å². The van der Waals surface area contributed by atoms with Crippen LogP contribution in [0.25, 0.3) is 0 Å². The summed E-state index contributed by atoms with van der Waals surface area (Å²) in [4.78, 5) is 16.9. The zero-order chi connectivity index (χ0) is 22.1. The maximum absolute atomic E-state index is 13.2. The highest BCUT2D eigenvalue weighted by Crippen LogP contribution is 2.14. The zero-order valence-electron chi connectivity index (χ0n) is 18.7. The standard InChI is InChI=1S/C23H37FN2O4/c1-17(2)11-26(23(28)19-5-7-20(24)8-6-19)14-22-13-25(9-10-30-22)12-21(27)16-29-15-18(3)4/h5-8,17-18,21-22,27H,9-16H2,1-4H3/t21-,22-/m1/s1. The molecule has 1 fully saturated rings. The Hall–Kier alpha value is -1.54. The number of amides is 1. The number of hydrogen-bond donors (Lipinski definition) is 1. The van der Waals surface area contributed by atoms with E-state index in [1.165, 1.54) is 24.3 Å². The van der Waals surface area contributed by atoms with Gasteiger partial charge in [-0.05, 0) is 36.1 Å². The summed E-state index contributed by atoms with van der Waals surface area (Å²) in [5, 5.41) is 10.3. The smallest absolute Gasteiger partial charge is 0.253 e. The average Bonchev–Trinajstić information content (AvgIpc) is 2.67. The number of aliphatic hydroxyl groups is 1. The molecule has 6 nitrogen and oxygen atoms in total. The molecule has 0 saturated carbocycles. The summed E-state index contributed by atoms with van der Waals surface area (Å²) >= 11 is 0. The first-order valence-electron chi connectivity index (χ1n) is 10.9. The Bertz CT molecular complexity index is 639. The molecule has 0 unspecified atom stereocenters. The van der Waals surface area contributed by atoms with Crippen molar-refractivity contribution in [3.63, 3.8) is 0 Å². The third-order valence-corrected chi connectivity index (χ3v) is 4.84. The molecule has 0 aromatic heterocycles. The van der Waals surface area contributed by atoms with Crippen molar-refractivity contribution in [2.75, 3.05) is 52.5 Å². The minimum absolute atomic E-state index is 0.119. The molecule has 30 heavy (non-hydrogen) atoms. The topological polar surface area (TPSA) is 62.2 Å². The monoisotopic (exact) mass is 424 g/mol. The second kappa shape index (κ2) is 12.3. The van der Waals surface area contributed by atoms with Crippen molar-refractivity contribution in [2.24, 2.45) is 11.8 Å². The van der Waals surface area contributed by atoms with Gasteiger partial charge in [0, 0.05) is 44.9 Å². The predicted molar refractivity (Wildman–Crippen MR) is 115 cm³/mol. The normalized spacial score (nSPS) is 18.7. The number of halogens is 1. The van der Waals surface area contributed by atoms with Crippen LogP contribution < -0.4 is 0 Å². The Morgan fingerprint density at radius 2 is 1.93 bits per heavy atom. The summed E-state index contributed by atoms with van der Waals surface area (Å²) in [6.07, 6.45) is -0.680. The molecule has 2 rings (SSSR count). The van der Waals surface area contributed by atoms with Crippen LogP contribution in [0.2, 0.25) is 0 Å². The van der Waals surface area contributed by atoms with Crippen molar-refractivity contribution >= 4 is 5.91 Å². The molecule has 1 amide bonds. The van der Waals surface area contributed by atoms with Gasteiger partial charge in [-0.25, -0.2) is 4.39 Å². The van der Waals surface area contributed by atoms with Gasteiger partial charge in [0.25, 0.3) is 5.91 Å². The van der Waals surface area contributed by atoms with Crippen molar-refractivity contribution in [2.45, 2.75) is 39.9 Å². The Labute approximate surface area is 179 Å². The molecule has 1 aromatic carbocycles. The number of morpholine rings is 1. The molecule has 2 atom stereocenters. The molecule has 170 valence electrons. The van der Waals surface area contributed by atoms with Gasteiger partial charge < -0.3 is 19.5 Å². The van der Waals surface area contributed by atoms with Crippen molar-refractivity contribution in [3.05, 3.63) is 35.6 Å². The molecule has 0 spiro atoms. The summed E-state index contributed by atoms with van der Waals surface area (Å²) in [6, 6.07) is 5.66. The molecule has 1 aliphatic heterocycles. The van der Waals surface area contributed by atoms with Gasteiger partial charge in [-0.3, -0.25) is 9.69 Å². The van der Waals surface area contributed by atoms with E-state index in [-0.39, 0.29) is 17.8 Å². The van der Waals surface area contributed by atoms with Crippen molar-refractivity contribution in [3.8, 4) is 0 Å². The molecule has 1 N–H and O–H groups in total. The minimum Gasteiger partial charge on any atom is -0.389 e. The van der Waals surface area contributed by atoms with Crippen molar-refractivity contribution in [1.29, 1.82) is 0 Å². The van der Waals surface area contributed by atoms with Crippen LogP contribution in [0.4, 0.5) is 4.39 Å². The van der Waals surface area contributed by atoms with E-state index < -0.39 is 6.10 Å². The molecule has 1 aromatic rings. The first-order chi connectivity index (χ1) is 14.2. The van der Waals surface area contributed by atoms with Gasteiger partial charge in [-0.2, -0.15) is 0 Å². The molecule has 0 aliphatic carbocycles. The lowest BCUT2D eigenvalue weighted by Gasteiger charge is -2.37. The fourth-order valence-corrected chi connectivity index (χ4v) is 3.55. The molecule has 0 radical (unpaired) electrons. The highest BCUT2D eigenvalue weighted by molar-refractivity contribution is 5.94. The fourth-order valence-electron chi connectivity index (χ4n) is 3.55. The van der Waals surface area contributed by atoms with E-state index in [0.29, 0.717) is 63.4 Å². The largest absolute Gasteiger partial charge is 0.389 e. The van der Waals surface area contributed by atoms with E-state index >= 15 is 0 Å². The second-order valence-corrected chi connectivity index (χ2v) is 8.95. The molecule has 1 heterocycles. The first kappa shape index (κ1) is 24.7. The number of nitrogens with zero attached hydrogens (tertiary/aromatic N) is 2. The Kier molecular flexibility index (Phi) is 10.2. The summed E-state index contributed by atoms with van der Waals surface area (Å²) in [6.45, 7) is 12.8. The molecule has 1 saturated heterocycles. The van der Waals surface area contributed by atoms with Crippen LogP contribution >= 0.6 is 0 Å². The molecule has 1 aliphatic rings. The highest BCUT2D eigenvalue weighted by Gasteiger charge is 2.27. The number of benzene rings is 1. The second-order valence-electron chi connectivity index (χ2n) is 8.95.